The number of hydrogen-bond donors (Lipinski definition) is 0. The van der Waals surface area contributed by atoms with Gasteiger partial charge in [-0.2, -0.15) is 0 Å². The smallest absolute Gasteiger partial charge is 0.314 e. The Bertz CT molecular complexity index is 497. The van der Waals surface area contributed by atoms with Gasteiger partial charge in [-0.05, 0) is 43.2 Å². The fraction of sp³-hybridized carbons (Fsp3) is 0.588. The van der Waals surface area contributed by atoms with Crippen LogP contribution in [0.1, 0.15) is 51.0 Å². The molecule has 1 aliphatic carbocycles. The Morgan fingerprint density at radius 1 is 1.35 bits per heavy atom. The van der Waals surface area contributed by atoms with Gasteiger partial charge in [0, 0.05) is 0 Å². The summed E-state index contributed by atoms with van der Waals surface area (Å²) in [5, 5.41) is 0. The van der Waals surface area contributed by atoms with E-state index >= 15 is 0 Å². The van der Waals surface area contributed by atoms with Gasteiger partial charge >= 0.3 is 5.97 Å². The summed E-state index contributed by atoms with van der Waals surface area (Å²) in [4.78, 5) is 12.3. The average molecular weight is 274 g/mol. The molecule has 1 aliphatic heterocycles. The van der Waals surface area contributed by atoms with Gasteiger partial charge in [0.1, 0.15) is 5.75 Å². The summed E-state index contributed by atoms with van der Waals surface area (Å²) in [7, 11) is 0. The van der Waals surface area contributed by atoms with Gasteiger partial charge in [0.15, 0.2) is 0 Å². The van der Waals surface area contributed by atoms with Crippen molar-refractivity contribution in [1.82, 2.24) is 0 Å². The Balaban J connectivity index is 1.69. The zero-order valence-electron chi connectivity index (χ0n) is 12.2. The van der Waals surface area contributed by atoms with Crippen molar-refractivity contribution in [3.8, 4) is 5.75 Å². The lowest BCUT2D eigenvalue weighted by Gasteiger charge is -2.19. The van der Waals surface area contributed by atoms with Crippen LogP contribution in [0.15, 0.2) is 24.3 Å². The van der Waals surface area contributed by atoms with Crippen LogP contribution in [-0.4, -0.2) is 18.2 Å². The van der Waals surface area contributed by atoms with E-state index in [1.165, 1.54) is 0 Å². The summed E-state index contributed by atoms with van der Waals surface area (Å²) in [6.45, 7) is 4.31. The van der Waals surface area contributed by atoms with Crippen molar-refractivity contribution in [3.05, 3.63) is 29.8 Å². The first-order valence-corrected chi connectivity index (χ1v) is 7.65. The molecule has 4 atom stereocenters. The quantitative estimate of drug-likeness (QED) is 0.477. The molecular formula is C17H22O3. The van der Waals surface area contributed by atoms with E-state index in [2.05, 4.69) is 19.9 Å². The van der Waals surface area contributed by atoms with Crippen molar-refractivity contribution in [2.75, 3.05) is 0 Å². The van der Waals surface area contributed by atoms with Crippen LogP contribution in [0.3, 0.4) is 0 Å². The summed E-state index contributed by atoms with van der Waals surface area (Å²) in [5.74, 6) is 1.05. The van der Waals surface area contributed by atoms with E-state index in [9.17, 15) is 4.79 Å². The van der Waals surface area contributed by atoms with Crippen LogP contribution in [0.25, 0.3) is 0 Å². The SMILES string of the molecule is CCC(C)c1ccccc1OC(=O)C1CCC2OC2C1. The standard InChI is InChI=1S/C17H22O3/c1-3-11(2)13-6-4-5-7-14(13)20-17(18)12-8-9-15-16(10-12)19-15/h4-7,11-12,15-16H,3,8-10H2,1-2H3. The minimum absolute atomic E-state index is 0.00346. The predicted octanol–water partition coefficient (Wildman–Crippen LogP) is 3.67. The van der Waals surface area contributed by atoms with Crippen molar-refractivity contribution in [2.24, 2.45) is 5.92 Å². The zero-order chi connectivity index (χ0) is 14.1. The predicted molar refractivity (Wildman–Crippen MR) is 76.8 cm³/mol. The third-order valence-corrected chi connectivity index (χ3v) is 4.61. The molecule has 2 fully saturated rings. The van der Waals surface area contributed by atoms with Gasteiger partial charge in [0.2, 0.25) is 0 Å². The van der Waals surface area contributed by atoms with Crippen LogP contribution in [0.2, 0.25) is 0 Å². The summed E-state index contributed by atoms with van der Waals surface area (Å²) in [5.41, 5.74) is 1.12. The highest BCUT2D eigenvalue weighted by Crippen LogP contribution is 2.40. The van der Waals surface area contributed by atoms with Crippen LogP contribution >= 0.6 is 0 Å². The van der Waals surface area contributed by atoms with Crippen LogP contribution in [0.4, 0.5) is 0 Å². The molecule has 1 aromatic rings. The third-order valence-electron chi connectivity index (χ3n) is 4.61. The lowest BCUT2D eigenvalue weighted by Crippen LogP contribution is -2.26. The lowest BCUT2D eigenvalue weighted by molar-refractivity contribution is -0.139. The summed E-state index contributed by atoms with van der Waals surface area (Å²) >= 11 is 0. The van der Waals surface area contributed by atoms with Crippen LogP contribution in [0.5, 0.6) is 5.75 Å². The molecule has 0 amide bonds. The molecule has 0 spiro atoms. The molecule has 108 valence electrons. The van der Waals surface area contributed by atoms with Crippen molar-refractivity contribution in [1.29, 1.82) is 0 Å². The molecule has 4 unspecified atom stereocenters. The molecule has 3 heteroatoms. The molecule has 1 saturated carbocycles. The fourth-order valence-electron chi connectivity index (χ4n) is 3.01. The summed E-state index contributed by atoms with van der Waals surface area (Å²) < 4.78 is 11.2. The highest BCUT2D eigenvalue weighted by molar-refractivity contribution is 5.75. The van der Waals surface area contributed by atoms with Gasteiger partial charge < -0.3 is 9.47 Å². The second kappa shape index (κ2) is 5.57. The topological polar surface area (TPSA) is 38.8 Å². The molecule has 0 radical (unpaired) electrons. The number of rotatable bonds is 4. The molecule has 2 aliphatic rings. The number of carbonyl (C=O) groups is 1. The second-order valence-electron chi connectivity index (χ2n) is 5.99. The van der Waals surface area contributed by atoms with Gasteiger partial charge in [-0.25, -0.2) is 0 Å². The molecule has 1 heterocycles. The van der Waals surface area contributed by atoms with E-state index in [0.717, 1.165) is 37.0 Å². The molecule has 0 N–H and O–H groups in total. The second-order valence-corrected chi connectivity index (χ2v) is 5.99. The van der Waals surface area contributed by atoms with Crippen LogP contribution in [-0.2, 0) is 9.53 Å². The van der Waals surface area contributed by atoms with Crippen molar-refractivity contribution in [2.45, 2.75) is 57.7 Å². The Kier molecular flexibility index (Phi) is 3.79. The van der Waals surface area contributed by atoms with E-state index in [-0.39, 0.29) is 11.9 Å². The Hall–Kier alpha value is -1.35. The molecule has 1 aromatic carbocycles. The van der Waals surface area contributed by atoms with Crippen LogP contribution in [0, 0.1) is 5.92 Å². The maximum absolute atomic E-state index is 12.3. The van der Waals surface area contributed by atoms with E-state index in [1.54, 1.807) is 0 Å². The molecule has 0 bridgehead atoms. The van der Waals surface area contributed by atoms with E-state index < -0.39 is 0 Å². The van der Waals surface area contributed by atoms with Gasteiger partial charge in [0.25, 0.3) is 0 Å². The Morgan fingerprint density at radius 3 is 2.90 bits per heavy atom. The first kappa shape index (κ1) is 13.6. The summed E-state index contributed by atoms with van der Waals surface area (Å²) in [6, 6.07) is 7.88. The molecule has 20 heavy (non-hydrogen) atoms. The number of epoxide rings is 1. The number of fused-ring (bicyclic) bond motifs is 1. The Morgan fingerprint density at radius 2 is 2.15 bits per heavy atom. The number of esters is 1. The number of ether oxygens (including phenoxy) is 2. The molecule has 1 saturated heterocycles. The van der Waals surface area contributed by atoms with Crippen molar-refractivity contribution >= 4 is 5.97 Å². The normalized spacial score (nSPS) is 29.4. The van der Waals surface area contributed by atoms with Gasteiger partial charge in [0.05, 0.1) is 18.1 Å². The Labute approximate surface area is 120 Å². The maximum Gasteiger partial charge on any atom is 0.314 e. The van der Waals surface area contributed by atoms with Crippen molar-refractivity contribution in [3.63, 3.8) is 0 Å². The monoisotopic (exact) mass is 274 g/mol. The van der Waals surface area contributed by atoms with Gasteiger partial charge in [-0.15, -0.1) is 0 Å². The molecular weight excluding hydrogens is 252 g/mol. The first-order valence-electron chi connectivity index (χ1n) is 7.65. The van der Waals surface area contributed by atoms with E-state index in [1.807, 2.05) is 18.2 Å². The average Bonchev–Trinajstić information content (AvgIpc) is 3.25. The largest absolute Gasteiger partial charge is 0.426 e. The number of benzene rings is 1. The highest BCUT2D eigenvalue weighted by Gasteiger charge is 2.46. The van der Waals surface area contributed by atoms with Crippen LogP contribution < -0.4 is 4.74 Å². The first-order chi connectivity index (χ1) is 9.69. The number of para-hydroxylation sites is 1. The van der Waals surface area contributed by atoms with E-state index in [4.69, 9.17) is 9.47 Å². The minimum Gasteiger partial charge on any atom is -0.426 e. The molecule has 3 rings (SSSR count). The van der Waals surface area contributed by atoms with E-state index in [0.29, 0.717) is 18.1 Å². The number of hydrogen-bond acceptors (Lipinski definition) is 3. The van der Waals surface area contributed by atoms with Gasteiger partial charge in [-0.3, -0.25) is 4.79 Å². The van der Waals surface area contributed by atoms with Crippen molar-refractivity contribution < 1.29 is 14.3 Å². The summed E-state index contributed by atoms with van der Waals surface area (Å²) in [6.07, 6.45) is 4.49. The number of carbonyl (C=O) groups excluding carboxylic acids is 1. The zero-order valence-corrected chi connectivity index (χ0v) is 12.2. The third kappa shape index (κ3) is 2.73. The van der Waals surface area contributed by atoms with Gasteiger partial charge in [-0.1, -0.05) is 32.0 Å². The molecule has 3 nitrogen and oxygen atoms in total. The molecule has 0 aromatic heterocycles. The minimum atomic E-state index is -0.0882. The lowest BCUT2D eigenvalue weighted by atomic mass is 9.89. The maximum atomic E-state index is 12.3. The highest BCUT2D eigenvalue weighted by atomic mass is 16.6. The fourth-order valence-corrected chi connectivity index (χ4v) is 3.01.